The third-order valence-electron chi connectivity index (χ3n) is 6.59. The first-order valence-electron chi connectivity index (χ1n) is 11.0. The van der Waals surface area contributed by atoms with Gasteiger partial charge in [-0.25, -0.2) is 0 Å². The quantitative estimate of drug-likeness (QED) is 0.566. The molecule has 1 aliphatic heterocycles. The fourth-order valence-corrected chi connectivity index (χ4v) is 4.55. The zero-order valence-electron chi connectivity index (χ0n) is 18.0. The summed E-state index contributed by atoms with van der Waals surface area (Å²) >= 11 is 0. The maximum Gasteiger partial charge on any atom is 0.248 e. The van der Waals surface area contributed by atoms with Gasteiger partial charge in [-0.2, -0.15) is 0 Å². The zero-order valence-corrected chi connectivity index (χ0v) is 18.0. The van der Waals surface area contributed by atoms with Gasteiger partial charge in [0, 0.05) is 14.8 Å². The molecular formula is C27H29NO4. The Bertz CT molecular complexity index is 1240. The fraction of sp³-hybridized carbons (Fsp3) is 0.259. The lowest BCUT2D eigenvalue weighted by atomic mass is 9.86. The van der Waals surface area contributed by atoms with Crippen molar-refractivity contribution in [3.05, 3.63) is 82.9 Å². The molecule has 32 heavy (non-hydrogen) atoms. The van der Waals surface area contributed by atoms with Crippen LogP contribution < -0.4 is 15.2 Å². The second-order valence-electron chi connectivity index (χ2n) is 8.54. The molecule has 1 heterocycles. The highest BCUT2D eigenvalue weighted by Crippen LogP contribution is 2.51. The maximum absolute atomic E-state index is 13.4. The molecule has 166 valence electrons. The van der Waals surface area contributed by atoms with Crippen LogP contribution >= 0.6 is 0 Å². The van der Waals surface area contributed by atoms with Crippen molar-refractivity contribution in [2.45, 2.75) is 38.0 Å². The highest BCUT2D eigenvalue weighted by Gasteiger charge is 2.50. The Hall–Kier alpha value is -3.60. The van der Waals surface area contributed by atoms with E-state index in [0.29, 0.717) is 17.7 Å². The molecule has 0 spiro atoms. The number of aryl methyl sites for hydroxylation is 1. The van der Waals surface area contributed by atoms with Crippen molar-refractivity contribution in [3.8, 4) is 22.6 Å². The fourth-order valence-electron chi connectivity index (χ4n) is 4.55. The van der Waals surface area contributed by atoms with Gasteiger partial charge in [0.05, 0.1) is 5.41 Å². The van der Waals surface area contributed by atoms with Gasteiger partial charge in [-0.05, 0) is 71.3 Å². The molecule has 0 saturated heterocycles. The van der Waals surface area contributed by atoms with Crippen LogP contribution in [-0.2, 0) is 23.1 Å². The lowest BCUT2D eigenvalue weighted by Gasteiger charge is -2.16. The number of hydrogen-bond acceptors (Lipinski definition) is 4. The number of Topliss-reactive ketones (excluding diaryl/α,β-unsaturated/α-hetero) is 1. The van der Waals surface area contributed by atoms with Gasteiger partial charge in [0.15, 0.2) is 11.5 Å². The van der Waals surface area contributed by atoms with Crippen molar-refractivity contribution in [2.24, 2.45) is 5.73 Å². The Balaban J connectivity index is 0.00000162. The number of amides is 1. The second kappa shape index (κ2) is 7.83. The molecule has 1 fully saturated rings. The number of ketones is 1. The van der Waals surface area contributed by atoms with Crippen LogP contribution in [0.1, 0.15) is 49.7 Å². The van der Waals surface area contributed by atoms with E-state index in [4.69, 9.17) is 15.2 Å². The zero-order chi connectivity index (χ0) is 22.3. The Morgan fingerprint density at radius 2 is 1.81 bits per heavy atom. The first-order valence-corrected chi connectivity index (χ1v) is 11.0. The number of carbonyl (C=O) groups excluding carboxylic acids is 2. The summed E-state index contributed by atoms with van der Waals surface area (Å²) in [5, 5.41) is 0. The van der Waals surface area contributed by atoms with Gasteiger partial charge in [-0.3, -0.25) is 9.59 Å². The predicted molar refractivity (Wildman–Crippen MR) is 126 cm³/mol. The highest BCUT2D eigenvalue weighted by atomic mass is 16.7. The standard InChI is InChI=1S/C27H25NO4.2H2/c1-2-18-7-6-17(12-22(18)19-4-3-5-20(14-19)26(28)30)13-25(29)27(10-11-27)21-8-9-23-24(15-21)32-16-31-23;;/h3-9,12,14-15H,2,10-11,13,16H2,1H3,(H2,28,30);2*1H. The topological polar surface area (TPSA) is 78.6 Å². The molecule has 0 aromatic heterocycles. The average molecular weight is 432 g/mol. The van der Waals surface area contributed by atoms with Gasteiger partial charge in [0.2, 0.25) is 12.7 Å². The monoisotopic (exact) mass is 431 g/mol. The number of rotatable bonds is 7. The van der Waals surface area contributed by atoms with E-state index in [-0.39, 0.29) is 15.4 Å². The van der Waals surface area contributed by atoms with Crippen LogP contribution in [0.5, 0.6) is 11.5 Å². The molecule has 1 saturated carbocycles. The minimum absolute atomic E-state index is 0. The number of primary amides is 1. The SMILES string of the molecule is CCc1ccc(CC(=O)C2(c3ccc4c(c3)OCO4)CC2)cc1-c1cccc(C(N)=O)c1.[HH].[HH]. The van der Waals surface area contributed by atoms with E-state index in [1.54, 1.807) is 6.07 Å². The average Bonchev–Trinajstić information content (AvgIpc) is 3.50. The van der Waals surface area contributed by atoms with E-state index in [2.05, 4.69) is 19.1 Å². The molecule has 5 heteroatoms. The largest absolute Gasteiger partial charge is 0.454 e. The van der Waals surface area contributed by atoms with Crippen LogP contribution in [0.15, 0.2) is 60.7 Å². The second-order valence-corrected chi connectivity index (χ2v) is 8.54. The van der Waals surface area contributed by atoms with Crippen molar-refractivity contribution < 1.29 is 21.9 Å². The molecule has 0 unspecified atom stereocenters. The van der Waals surface area contributed by atoms with Crippen molar-refractivity contribution in [2.75, 3.05) is 6.79 Å². The van der Waals surface area contributed by atoms with E-state index in [9.17, 15) is 9.59 Å². The number of hydrogen-bond donors (Lipinski definition) is 1. The number of fused-ring (bicyclic) bond motifs is 1. The van der Waals surface area contributed by atoms with Crippen molar-refractivity contribution in [1.29, 1.82) is 0 Å². The number of carbonyl (C=O) groups is 2. The van der Waals surface area contributed by atoms with E-state index >= 15 is 0 Å². The van der Waals surface area contributed by atoms with Crippen LogP contribution in [0.2, 0.25) is 0 Å². The van der Waals surface area contributed by atoms with Crippen LogP contribution in [0.25, 0.3) is 11.1 Å². The molecule has 5 nitrogen and oxygen atoms in total. The highest BCUT2D eigenvalue weighted by molar-refractivity contribution is 5.95. The number of nitrogens with two attached hydrogens (primary N) is 1. The molecule has 5 rings (SSSR count). The molecule has 2 aliphatic rings. The summed E-state index contributed by atoms with van der Waals surface area (Å²) in [5.74, 6) is 1.22. The van der Waals surface area contributed by atoms with Crippen molar-refractivity contribution in [3.63, 3.8) is 0 Å². The van der Waals surface area contributed by atoms with Crippen LogP contribution in [0, 0.1) is 0 Å². The predicted octanol–water partition coefficient (Wildman–Crippen LogP) is 5.08. The summed E-state index contributed by atoms with van der Waals surface area (Å²) in [5.41, 5.74) is 10.6. The van der Waals surface area contributed by atoms with E-state index < -0.39 is 11.3 Å². The first kappa shape index (κ1) is 20.3. The lowest BCUT2D eigenvalue weighted by molar-refractivity contribution is -0.120. The van der Waals surface area contributed by atoms with Crippen LogP contribution in [-0.4, -0.2) is 18.5 Å². The van der Waals surface area contributed by atoms with Crippen LogP contribution in [0.3, 0.4) is 0 Å². The maximum atomic E-state index is 13.4. The van der Waals surface area contributed by atoms with Gasteiger partial charge < -0.3 is 15.2 Å². The molecule has 0 atom stereocenters. The molecule has 3 aromatic carbocycles. The summed E-state index contributed by atoms with van der Waals surface area (Å²) in [6.07, 6.45) is 2.92. The smallest absolute Gasteiger partial charge is 0.248 e. The Kier molecular flexibility index (Phi) is 4.97. The summed E-state index contributed by atoms with van der Waals surface area (Å²) < 4.78 is 10.9. The first-order chi connectivity index (χ1) is 15.5. The normalized spacial score (nSPS) is 15.4. The molecule has 2 N–H and O–H groups in total. The van der Waals surface area contributed by atoms with E-state index in [0.717, 1.165) is 47.3 Å². The van der Waals surface area contributed by atoms with Gasteiger partial charge in [-0.15, -0.1) is 0 Å². The Morgan fingerprint density at radius 1 is 1.00 bits per heavy atom. The van der Waals surface area contributed by atoms with Crippen molar-refractivity contribution >= 4 is 11.7 Å². The molecule has 1 aliphatic carbocycles. The van der Waals surface area contributed by atoms with E-state index in [1.807, 2.05) is 42.5 Å². The lowest BCUT2D eigenvalue weighted by Crippen LogP contribution is -2.22. The van der Waals surface area contributed by atoms with Gasteiger partial charge in [0.25, 0.3) is 0 Å². The van der Waals surface area contributed by atoms with Crippen molar-refractivity contribution in [1.82, 2.24) is 0 Å². The third kappa shape index (κ3) is 3.54. The minimum atomic E-state index is -0.448. The van der Waals surface area contributed by atoms with Gasteiger partial charge >= 0.3 is 0 Å². The molecule has 3 aromatic rings. The third-order valence-corrected chi connectivity index (χ3v) is 6.59. The summed E-state index contributed by atoms with van der Waals surface area (Å²) in [6.45, 7) is 2.32. The molecule has 0 radical (unpaired) electrons. The van der Waals surface area contributed by atoms with Crippen LogP contribution in [0.4, 0.5) is 0 Å². The summed E-state index contributed by atoms with van der Waals surface area (Å²) in [6, 6.07) is 19.4. The summed E-state index contributed by atoms with van der Waals surface area (Å²) in [4.78, 5) is 25.0. The van der Waals surface area contributed by atoms with Gasteiger partial charge in [0.1, 0.15) is 5.78 Å². The Morgan fingerprint density at radius 3 is 2.56 bits per heavy atom. The molecular weight excluding hydrogens is 402 g/mol. The molecule has 1 amide bonds. The number of ether oxygens (including phenoxy) is 2. The molecule has 0 bridgehead atoms. The number of benzene rings is 3. The summed E-state index contributed by atoms with van der Waals surface area (Å²) in [7, 11) is 0. The van der Waals surface area contributed by atoms with E-state index in [1.165, 1.54) is 5.56 Å². The Labute approximate surface area is 190 Å². The minimum Gasteiger partial charge on any atom is -0.454 e. The van der Waals surface area contributed by atoms with Gasteiger partial charge in [-0.1, -0.05) is 43.3 Å².